The molecule has 138 valence electrons. The van der Waals surface area contributed by atoms with E-state index in [-0.39, 0.29) is 16.9 Å². The van der Waals surface area contributed by atoms with Gasteiger partial charge in [0.25, 0.3) is 0 Å². The number of carbonyl (C=O) groups excluding carboxylic acids is 2. The first-order valence-corrected chi connectivity index (χ1v) is 7.34. The molecule has 0 saturated heterocycles. The quantitative estimate of drug-likeness (QED) is 0.655. The molecule has 0 aliphatic carbocycles. The predicted octanol–water partition coefficient (Wildman–Crippen LogP) is 3.76. The Hall–Kier alpha value is -4.04. The molecule has 27 heavy (non-hydrogen) atoms. The van der Waals surface area contributed by atoms with Crippen LogP contribution in [0.5, 0.6) is 11.5 Å². The van der Waals surface area contributed by atoms with Crippen LogP contribution in [0.4, 0.5) is 11.4 Å². The van der Waals surface area contributed by atoms with Crippen LogP contribution in [0.25, 0.3) is 9.69 Å². The van der Waals surface area contributed by atoms with Crippen LogP contribution in [0.1, 0.15) is 20.7 Å². The van der Waals surface area contributed by atoms with Crippen molar-refractivity contribution in [3.8, 4) is 11.5 Å². The van der Waals surface area contributed by atoms with E-state index in [2.05, 4.69) is 19.2 Å². The molecule has 0 amide bonds. The average molecular weight is 368 g/mol. The molecule has 0 fully saturated rings. The SMILES string of the molecule is [C-]#[N+]c1ccc(O)c(C(=O)OC)c1.[C-]#[N+]c1ccc(OC)c(C(=O)OC)c1. The number of aromatic hydroxyl groups is 1. The van der Waals surface area contributed by atoms with E-state index in [4.69, 9.17) is 17.9 Å². The molecule has 2 rings (SSSR count). The molecule has 0 bridgehead atoms. The van der Waals surface area contributed by atoms with Crippen LogP contribution in [-0.4, -0.2) is 38.4 Å². The van der Waals surface area contributed by atoms with E-state index in [1.165, 1.54) is 45.6 Å². The molecule has 2 aromatic rings. The van der Waals surface area contributed by atoms with E-state index < -0.39 is 11.9 Å². The Balaban J connectivity index is 0.000000271. The lowest BCUT2D eigenvalue weighted by molar-refractivity contribution is 0.0588. The van der Waals surface area contributed by atoms with E-state index in [0.29, 0.717) is 17.1 Å². The zero-order valence-electron chi connectivity index (χ0n) is 14.8. The smallest absolute Gasteiger partial charge is 0.340 e. The molecule has 0 aliphatic rings. The number of methoxy groups -OCH3 is 3. The van der Waals surface area contributed by atoms with Gasteiger partial charge in [-0.1, -0.05) is 12.1 Å². The van der Waals surface area contributed by atoms with Crippen molar-refractivity contribution in [2.45, 2.75) is 0 Å². The molecule has 0 saturated carbocycles. The molecule has 0 spiro atoms. The fraction of sp³-hybridized carbons (Fsp3) is 0.158. The minimum absolute atomic E-state index is 0.0102. The maximum Gasteiger partial charge on any atom is 0.340 e. The van der Waals surface area contributed by atoms with Crippen molar-refractivity contribution in [3.05, 3.63) is 70.4 Å². The third-order valence-electron chi connectivity index (χ3n) is 3.23. The number of carbonyl (C=O) groups is 2. The Bertz CT molecular complexity index is 925. The molecule has 0 unspecified atom stereocenters. The summed E-state index contributed by atoms with van der Waals surface area (Å²) < 4.78 is 13.9. The van der Waals surface area contributed by atoms with Gasteiger partial charge in [0.1, 0.15) is 11.5 Å². The second-order valence-electron chi connectivity index (χ2n) is 4.79. The Morgan fingerprint density at radius 2 is 1.33 bits per heavy atom. The number of phenols is 1. The minimum atomic E-state index is -0.650. The third kappa shape index (κ3) is 5.48. The second-order valence-corrected chi connectivity index (χ2v) is 4.79. The Labute approximate surface area is 156 Å². The largest absolute Gasteiger partial charge is 0.507 e. The molecule has 0 radical (unpaired) electrons. The Morgan fingerprint density at radius 1 is 0.852 bits per heavy atom. The fourth-order valence-corrected chi connectivity index (χ4v) is 1.90. The highest BCUT2D eigenvalue weighted by atomic mass is 16.5. The van der Waals surface area contributed by atoms with Crippen molar-refractivity contribution in [1.82, 2.24) is 0 Å². The first kappa shape index (κ1) is 21.0. The highest BCUT2D eigenvalue weighted by Gasteiger charge is 2.13. The highest BCUT2D eigenvalue weighted by Crippen LogP contribution is 2.25. The predicted molar refractivity (Wildman–Crippen MR) is 96.3 cm³/mol. The zero-order chi connectivity index (χ0) is 20.4. The van der Waals surface area contributed by atoms with Crippen LogP contribution in [0, 0.1) is 13.1 Å². The van der Waals surface area contributed by atoms with Gasteiger partial charge in [-0.05, 0) is 24.3 Å². The van der Waals surface area contributed by atoms with Gasteiger partial charge in [-0.3, -0.25) is 0 Å². The number of esters is 2. The number of rotatable bonds is 3. The van der Waals surface area contributed by atoms with E-state index in [1.807, 2.05) is 0 Å². The lowest BCUT2D eigenvalue weighted by atomic mass is 10.2. The van der Waals surface area contributed by atoms with Gasteiger partial charge in [0, 0.05) is 0 Å². The summed E-state index contributed by atoms with van der Waals surface area (Å²) in [5, 5.41) is 9.23. The van der Waals surface area contributed by atoms with Gasteiger partial charge in [0.05, 0.1) is 45.6 Å². The summed E-state index contributed by atoms with van der Waals surface area (Å²) in [6.45, 7) is 13.5. The molecule has 0 aliphatic heterocycles. The third-order valence-corrected chi connectivity index (χ3v) is 3.23. The summed E-state index contributed by atoms with van der Waals surface area (Å²) in [7, 11) is 3.96. The van der Waals surface area contributed by atoms with Crippen LogP contribution in [0.2, 0.25) is 0 Å². The summed E-state index contributed by atoms with van der Waals surface area (Å²) >= 11 is 0. The van der Waals surface area contributed by atoms with Gasteiger partial charge in [0.2, 0.25) is 0 Å². The fourth-order valence-electron chi connectivity index (χ4n) is 1.90. The van der Waals surface area contributed by atoms with Crippen LogP contribution >= 0.6 is 0 Å². The summed E-state index contributed by atoms with van der Waals surface area (Å²) in [5.41, 5.74) is 0.948. The lowest BCUT2D eigenvalue weighted by Crippen LogP contribution is -2.03. The average Bonchev–Trinajstić information content (AvgIpc) is 2.72. The molecule has 8 heteroatoms. The summed E-state index contributed by atoms with van der Waals surface area (Å²) in [6.07, 6.45) is 0. The topological polar surface area (TPSA) is 90.8 Å². The molecule has 0 atom stereocenters. The van der Waals surface area contributed by atoms with Gasteiger partial charge in [-0.25, -0.2) is 19.3 Å². The van der Waals surface area contributed by atoms with E-state index in [0.717, 1.165) is 0 Å². The number of phenolic OH excluding ortho intramolecular Hbond substituents is 1. The molecule has 1 N–H and O–H groups in total. The first-order valence-electron chi connectivity index (χ1n) is 7.34. The van der Waals surface area contributed by atoms with Crippen molar-refractivity contribution in [2.75, 3.05) is 21.3 Å². The molecular formula is C19H16N2O6. The Kier molecular flexibility index (Phi) is 7.83. The lowest BCUT2D eigenvalue weighted by Gasteiger charge is -2.06. The van der Waals surface area contributed by atoms with Crippen molar-refractivity contribution in [1.29, 1.82) is 0 Å². The molecule has 0 aromatic heterocycles. The van der Waals surface area contributed by atoms with Gasteiger partial charge < -0.3 is 19.3 Å². The monoisotopic (exact) mass is 368 g/mol. The van der Waals surface area contributed by atoms with E-state index in [9.17, 15) is 14.7 Å². The van der Waals surface area contributed by atoms with Crippen LogP contribution in [0.3, 0.4) is 0 Å². The second kappa shape index (κ2) is 10.1. The Morgan fingerprint density at radius 3 is 1.81 bits per heavy atom. The number of benzene rings is 2. The zero-order valence-corrected chi connectivity index (χ0v) is 14.8. The van der Waals surface area contributed by atoms with Crippen molar-refractivity contribution < 1.29 is 28.9 Å². The first-order chi connectivity index (χ1) is 12.9. The van der Waals surface area contributed by atoms with Crippen LogP contribution in [-0.2, 0) is 9.47 Å². The molecular weight excluding hydrogens is 352 g/mol. The molecule has 0 heterocycles. The number of hydrogen-bond donors (Lipinski definition) is 1. The molecule has 2 aromatic carbocycles. The van der Waals surface area contributed by atoms with Gasteiger partial charge in [-0.2, -0.15) is 0 Å². The van der Waals surface area contributed by atoms with E-state index in [1.54, 1.807) is 12.1 Å². The number of hydrogen-bond acceptors (Lipinski definition) is 6. The number of nitrogens with zero attached hydrogens (tertiary/aromatic N) is 2. The minimum Gasteiger partial charge on any atom is -0.507 e. The summed E-state index contributed by atoms with van der Waals surface area (Å²) in [4.78, 5) is 28.6. The maximum absolute atomic E-state index is 11.3. The van der Waals surface area contributed by atoms with Gasteiger partial charge in [0.15, 0.2) is 11.4 Å². The standard InChI is InChI=1S/C10H9NO3.C9H7NO3/c1-11-7-4-5-9(13-2)8(6-7)10(12)14-3;1-10-6-3-4-8(11)7(5-6)9(12)13-2/h4-6H,2-3H3;3-5,11H,2H3. The highest BCUT2D eigenvalue weighted by molar-refractivity contribution is 5.94. The molecule has 8 nitrogen and oxygen atoms in total. The van der Waals surface area contributed by atoms with Gasteiger partial charge >= 0.3 is 11.9 Å². The number of ether oxygens (including phenoxy) is 3. The summed E-state index contributed by atoms with van der Waals surface area (Å²) in [5.74, 6) is -0.932. The van der Waals surface area contributed by atoms with E-state index >= 15 is 0 Å². The summed E-state index contributed by atoms with van der Waals surface area (Å²) in [6, 6.07) is 8.60. The van der Waals surface area contributed by atoms with Gasteiger partial charge in [-0.15, -0.1) is 0 Å². The van der Waals surface area contributed by atoms with Crippen molar-refractivity contribution >= 4 is 23.3 Å². The normalized spacial score (nSPS) is 8.93. The van der Waals surface area contributed by atoms with Crippen LogP contribution < -0.4 is 4.74 Å². The van der Waals surface area contributed by atoms with Crippen LogP contribution in [0.15, 0.2) is 36.4 Å². The van der Waals surface area contributed by atoms with Crippen molar-refractivity contribution in [3.63, 3.8) is 0 Å². The maximum atomic E-state index is 11.3. The van der Waals surface area contributed by atoms with Crippen molar-refractivity contribution in [2.24, 2.45) is 0 Å².